The Labute approximate surface area is 90.3 Å². The van der Waals surface area contributed by atoms with Crippen molar-refractivity contribution in [3.8, 4) is 5.75 Å². The number of phenols is 1. The zero-order valence-corrected chi connectivity index (χ0v) is 8.28. The Morgan fingerprint density at radius 1 is 1.40 bits per heavy atom. The van der Waals surface area contributed by atoms with Crippen molar-refractivity contribution in [2.45, 2.75) is 0 Å². The fourth-order valence-corrected chi connectivity index (χ4v) is 1.09. The Bertz CT molecular complexity index is 405. The number of carboxylic acid groups (broad SMARTS) is 1. The van der Waals surface area contributed by atoms with Gasteiger partial charge in [0.15, 0.2) is 0 Å². The number of carboxylic acids is 1. The predicted molar refractivity (Wildman–Crippen MR) is 53.1 cm³/mol. The van der Waals surface area contributed by atoms with Crippen molar-refractivity contribution in [3.05, 3.63) is 28.8 Å². The first kappa shape index (κ1) is 11.3. The number of aromatic hydroxyl groups is 1. The molecular weight excluding hydrogens is 222 g/mol. The average Bonchev–Trinajstić information content (AvgIpc) is 2.18. The lowest BCUT2D eigenvalue weighted by Crippen LogP contribution is -2.29. The van der Waals surface area contributed by atoms with E-state index in [1.54, 1.807) is 0 Å². The molecule has 0 heterocycles. The molecule has 3 N–H and O–H groups in total. The summed E-state index contributed by atoms with van der Waals surface area (Å²) in [5.41, 5.74) is 0.194. The van der Waals surface area contributed by atoms with Crippen molar-refractivity contribution < 1.29 is 19.8 Å². The molecule has 0 fully saturated rings. The predicted octanol–water partition coefficient (Wildman–Crippen LogP) is 0.860. The van der Waals surface area contributed by atoms with Gasteiger partial charge >= 0.3 is 5.97 Å². The van der Waals surface area contributed by atoms with E-state index in [0.717, 1.165) is 0 Å². The Kier molecular flexibility index (Phi) is 3.51. The van der Waals surface area contributed by atoms with Crippen LogP contribution in [0.15, 0.2) is 18.2 Å². The van der Waals surface area contributed by atoms with Crippen LogP contribution in [-0.2, 0) is 4.79 Å². The van der Waals surface area contributed by atoms with Crippen LogP contribution in [0.5, 0.6) is 5.75 Å². The van der Waals surface area contributed by atoms with Gasteiger partial charge in [-0.15, -0.1) is 0 Å². The van der Waals surface area contributed by atoms with E-state index in [2.05, 4.69) is 5.32 Å². The van der Waals surface area contributed by atoms with Crippen molar-refractivity contribution in [2.75, 3.05) is 6.54 Å². The summed E-state index contributed by atoms with van der Waals surface area (Å²) in [6, 6.07) is 3.87. The maximum absolute atomic E-state index is 11.3. The second-order valence-electron chi connectivity index (χ2n) is 2.74. The number of carbonyl (C=O) groups is 2. The zero-order valence-electron chi connectivity index (χ0n) is 7.53. The first-order valence-corrected chi connectivity index (χ1v) is 4.37. The Balaban J connectivity index is 2.74. The third-order valence-electron chi connectivity index (χ3n) is 1.61. The van der Waals surface area contributed by atoms with Crippen LogP contribution in [0.1, 0.15) is 10.4 Å². The highest BCUT2D eigenvalue weighted by molar-refractivity contribution is 6.32. The molecule has 15 heavy (non-hydrogen) atoms. The van der Waals surface area contributed by atoms with E-state index in [9.17, 15) is 9.59 Å². The molecule has 0 aromatic heterocycles. The summed E-state index contributed by atoms with van der Waals surface area (Å²) in [7, 11) is 0. The van der Waals surface area contributed by atoms with Crippen LogP contribution in [0, 0.1) is 0 Å². The summed E-state index contributed by atoms with van der Waals surface area (Å²) in [5, 5.41) is 19.6. The first-order chi connectivity index (χ1) is 7.00. The maximum Gasteiger partial charge on any atom is 0.322 e. The molecule has 1 aromatic carbocycles. The highest BCUT2D eigenvalue weighted by Crippen LogP contribution is 2.23. The Morgan fingerprint density at radius 2 is 2.07 bits per heavy atom. The van der Waals surface area contributed by atoms with Gasteiger partial charge in [0, 0.05) is 5.56 Å². The molecule has 0 saturated carbocycles. The molecule has 0 aliphatic carbocycles. The van der Waals surface area contributed by atoms with Crippen molar-refractivity contribution >= 4 is 23.5 Å². The van der Waals surface area contributed by atoms with Crippen LogP contribution < -0.4 is 5.32 Å². The Morgan fingerprint density at radius 3 is 2.60 bits per heavy atom. The number of phenolic OH excluding ortho intramolecular Hbond substituents is 1. The van der Waals surface area contributed by atoms with Crippen molar-refractivity contribution in [1.82, 2.24) is 5.32 Å². The lowest BCUT2D eigenvalue weighted by atomic mass is 10.2. The molecule has 1 amide bonds. The molecule has 1 rings (SSSR count). The van der Waals surface area contributed by atoms with Gasteiger partial charge < -0.3 is 15.5 Å². The zero-order chi connectivity index (χ0) is 11.4. The summed E-state index contributed by atoms with van der Waals surface area (Å²) in [6.45, 7) is -0.461. The van der Waals surface area contributed by atoms with Crippen molar-refractivity contribution in [2.24, 2.45) is 0 Å². The minimum atomic E-state index is -1.13. The number of benzene rings is 1. The van der Waals surface area contributed by atoms with E-state index >= 15 is 0 Å². The normalized spacial score (nSPS) is 9.67. The highest BCUT2D eigenvalue weighted by Gasteiger charge is 2.08. The van der Waals surface area contributed by atoms with E-state index in [0.29, 0.717) is 0 Å². The van der Waals surface area contributed by atoms with Gasteiger partial charge in [-0.3, -0.25) is 9.59 Å². The number of halogens is 1. The molecule has 0 aliphatic rings. The lowest BCUT2D eigenvalue weighted by molar-refractivity contribution is -0.135. The van der Waals surface area contributed by atoms with Crippen LogP contribution in [0.25, 0.3) is 0 Å². The standard InChI is InChI=1S/C9H8ClNO4/c10-6-3-5(1-2-7(6)12)9(15)11-4-8(13)14/h1-3,12H,4H2,(H,11,15)(H,13,14). The molecule has 0 radical (unpaired) electrons. The lowest BCUT2D eigenvalue weighted by Gasteiger charge is -2.03. The summed E-state index contributed by atoms with van der Waals surface area (Å²) in [5.74, 6) is -1.82. The number of hydrogen-bond donors (Lipinski definition) is 3. The summed E-state index contributed by atoms with van der Waals surface area (Å²) in [6.07, 6.45) is 0. The highest BCUT2D eigenvalue weighted by atomic mass is 35.5. The smallest absolute Gasteiger partial charge is 0.322 e. The maximum atomic E-state index is 11.3. The van der Waals surface area contributed by atoms with Gasteiger partial charge in [-0.2, -0.15) is 0 Å². The topological polar surface area (TPSA) is 86.6 Å². The molecule has 5 nitrogen and oxygen atoms in total. The monoisotopic (exact) mass is 229 g/mol. The molecule has 0 atom stereocenters. The van der Waals surface area contributed by atoms with E-state index in [4.69, 9.17) is 21.8 Å². The fourth-order valence-electron chi connectivity index (χ4n) is 0.906. The van der Waals surface area contributed by atoms with Crippen LogP contribution in [0.3, 0.4) is 0 Å². The number of amides is 1. The number of aliphatic carboxylic acids is 1. The third kappa shape index (κ3) is 3.14. The van der Waals surface area contributed by atoms with Gasteiger partial charge in [-0.25, -0.2) is 0 Å². The molecule has 1 aromatic rings. The molecule has 6 heteroatoms. The molecule has 0 bridgehead atoms. The molecule has 0 saturated heterocycles. The van der Waals surface area contributed by atoms with E-state index in [1.807, 2.05) is 0 Å². The van der Waals surface area contributed by atoms with Gasteiger partial charge in [0.25, 0.3) is 5.91 Å². The van der Waals surface area contributed by atoms with Gasteiger partial charge in [-0.05, 0) is 18.2 Å². The van der Waals surface area contributed by atoms with Crippen molar-refractivity contribution in [1.29, 1.82) is 0 Å². The molecule has 0 aliphatic heterocycles. The molecule has 0 unspecified atom stereocenters. The number of carbonyl (C=O) groups excluding carboxylic acids is 1. The number of nitrogens with one attached hydrogen (secondary N) is 1. The SMILES string of the molecule is O=C(O)CNC(=O)c1ccc(O)c(Cl)c1. The second-order valence-corrected chi connectivity index (χ2v) is 3.15. The van der Waals surface area contributed by atoms with Gasteiger partial charge in [-0.1, -0.05) is 11.6 Å². The summed E-state index contributed by atoms with van der Waals surface area (Å²) >= 11 is 5.57. The number of rotatable bonds is 3. The van der Waals surface area contributed by atoms with Crippen LogP contribution in [0.2, 0.25) is 5.02 Å². The quantitative estimate of drug-likeness (QED) is 0.718. The van der Waals surface area contributed by atoms with Crippen molar-refractivity contribution in [3.63, 3.8) is 0 Å². The largest absolute Gasteiger partial charge is 0.506 e. The first-order valence-electron chi connectivity index (χ1n) is 3.99. The second kappa shape index (κ2) is 4.65. The fraction of sp³-hybridized carbons (Fsp3) is 0.111. The minimum absolute atomic E-state index is 0.0398. The van der Waals surface area contributed by atoms with Gasteiger partial charge in [0.1, 0.15) is 12.3 Å². The van der Waals surface area contributed by atoms with Gasteiger partial charge in [0.2, 0.25) is 0 Å². The average molecular weight is 230 g/mol. The van der Waals surface area contributed by atoms with Gasteiger partial charge in [0.05, 0.1) is 5.02 Å². The van der Waals surface area contributed by atoms with Crippen LogP contribution >= 0.6 is 11.6 Å². The Hall–Kier alpha value is -1.75. The van der Waals surface area contributed by atoms with Crippen LogP contribution in [-0.4, -0.2) is 28.6 Å². The van der Waals surface area contributed by atoms with Crippen LogP contribution in [0.4, 0.5) is 0 Å². The van der Waals surface area contributed by atoms with E-state index < -0.39 is 18.4 Å². The van der Waals surface area contributed by atoms with E-state index in [-0.39, 0.29) is 16.3 Å². The summed E-state index contributed by atoms with van der Waals surface area (Å²) in [4.78, 5) is 21.5. The number of hydrogen-bond acceptors (Lipinski definition) is 3. The van der Waals surface area contributed by atoms with E-state index in [1.165, 1.54) is 18.2 Å². The summed E-state index contributed by atoms with van der Waals surface area (Å²) < 4.78 is 0. The minimum Gasteiger partial charge on any atom is -0.506 e. The third-order valence-corrected chi connectivity index (χ3v) is 1.91. The molecular formula is C9H8ClNO4. The molecule has 80 valence electrons. The molecule has 0 spiro atoms.